The molecule has 26 heavy (non-hydrogen) atoms. The second kappa shape index (κ2) is 6.19. The van der Waals surface area contributed by atoms with Crippen molar-refractivity contribution in [2.75, 3.05) is 11.9 Å². The van der Waals surface area contributed by atoms with Crippen LogP contribution in [0.2, 0.25) is 0 Å². The van der Waals surface area contributed by atoms with E-state index in [2.05, 4.69) is 0 Å². The van der Waals surface area contributed by atoms with Crippen LogP contribution in [0.4, 0.5) is 23.7 Å². The number of likely N-dealkylation sites (N-methyl/N-ethyl adjacent to an activating group) is 1. The third-order valence-corrected chi connectivity index (χ3v) is 4.14. The van der Waals surface area contributed by atoms with Crippen LogP contribution in [-0.2, 0) is 11.0 Å². The van der Waals surface area contributed by atoms with E-state index >= 15 is 0 Å². The van der Waals surface area contributed by atoms with Crippen molar-refractivity contribution in [1.82, 2.24) is 4.90 Å². The molecule has 0 bridgehead atoms. The van der Waals surface area contributed by atoms with Crippen LogP contribution >= 0.6 is 0 Å². The average Bonchev–Trinajstić information content (AvgIpc) is 2.83. The number of halogens is 3. The molecule has 132 valence electrons. The van der Waals surface area contributed by atoms with E-state index in [0.717, 1.165) is 17.0 Å². The van der Waals surface area contributed by atoms with Gasteiger partial charge in [0.25, 0.3) is 5.91 Å². The first-order valence-electron chi connectivity index (χ1n) is 7.53. The van der Waals surface area contributed by atoms with Crippen molar-refractivity contribution in [2.45, 2.75) is 12.2 Å². The van der Waals surface area contributed by atoms with Gasteiger partial charge in [-0.1, -0.05) is 36.4 Å². The van der Waals surface area contributed by atoms with Crippen molar-refractivity contribution >= 4 is 17.6 Å². The first-order chi connectivity index (χ1) is 12.3. The molecule has 1 aliphatic rings. The van der Waals surface area contributed by atoms with Crippen LogP contribution in [0.25, 0.3) is 0 Å². The minimum absolute atomic E-state index is 0.487. The van der Waals surface area contributed by atoms with Crippen LogP contribution in [0.15, 0.2) is 48.5 Å². The largest absolute Gasteiger partial charge is 0.419 e. The number of carbonyl (C=O) groups excluding carboxylic acids is 2. The molecule has 0 aromatic heterocycles. The van der Waals surface area contributed by atoms with Crippen LogP contribution in [-0.4, -0.2) is 23.9 Å². The smallest absolute Gasteiger partial charge is 0.311 e. The summed E-state index contributed by atoms with van der Waals surface area (Å²) >= 11 is 0. The lowest BCUT2D eigenvalue weighted by atomic mass is 10.0. The minimum Gasteiger partial charge on any atom is -0.311 e. The summed E-state index contributed by atoms with van der Waals surface area (Å²) in [4.78, 5) is 26.9. The molecule has 2 aromatic rings. The van der Waals surface area contributed by atoms with Gasteiger partial charge in [-0.25, -0.2) is 9.69 Å². The topological polar surface area (TPSA) is 64.4 Å². The molecule has 5 nitrogen and oxygen atoms in total. The molecular weight excluding hydrogens is 347 g/mol. The molecule has 0 aliphatic carbocycles. The molecule has 3 rings (SSSR count). The normalized spacial score (nSPS) is 17.6. The summed E-state index contributed by atoms with van der Waals surface area (Å²) in [6.45, 7) is 0. The monoisotopic (exact) mass is 359 g/mol. The van der Waals surface area contributed by atoms with Crippen molar-refractivity contribution < 1.29 is 22.8 Å². The molecule has 3 amide bonds. The Balaban J connectivity index is 2.16. The molecule has 0 radical (unpaired) electrons. The third kappa shape index (κ3) is 2.67. The number of benzene rings is 2. The van der Waals surface area contributed by atoms with E-state index < -0.39 is 41.0 Å². The number of carbonyl (C=O) groups is 2. The number of rotatable bonds is 2. The van der Waals surface area contributed by atoms with Gasteiger partial charge in [-0.3, -0.25) is 4.79 Å². The van der Waals surface area contributed by atoms with Crippen molar-refractivity contribution in [3.63, 3.8) is 0 Å². The van der Waals surface area contributed by atoms with Crippen molar-refractivity contribution in [3.05, 3.63) is 65.2 Å². The second-order valence-electron chi connectivity index (χ2n) is 5.69. The Morgan fingerprint density at radius 2 is 1.69 bits per heavy atom. The molecule has 0 N–H and O–H groups in total. The summed E-state index contributed by atoms with van der Waals surface area (Å²) < 4.78 is 40.5. The van der Waals surface area contributed by atoms with Crippen molar-refractivity contribution in [1.29, 1.82) is 5.26 Å². The quantitative estimate of drug-likeness (QED) is 0.768. The van der Waals surface area contributed by atoms with Crippen LogP contribution in [0.3, 0.4) is 0 Å². The summed E-state index contributed by atoms with van der Waals surface area (Å²) in [7, 11) is 1.35. The van der Waals surface area contributed by atoms with Gasteiger partial charge in [0.05, 0.1) is 22.9 Å². The van der Waals surface area contributed by atoms with Gasteiger partial charge in [0.15, 0.2) is 0 Å². The zero-order chi connectivity index (χ0) is 19.1. The molecule has 1 aliphatic heterocycles. The van der Waals surface area contributed by atoms with Gasteiger partial charge in [0, 0.05) is 7.05 Å². The van der Waals surface area contributed by atoms with Gasteiger partial charge in [0.1, 0.15) is 6.04 Å². The van der Waals surface area contributed by atoms with Gasteiger partial charge >= 0.3 is 12.2 Å². The molecule has 1 heterocycles. The van der Waals surface area contributed by atoms with E-state index in [1.807, 2.05) is 0 Å². The summed E-state index contributed by atoms with van der Waals surface area (Å²) in [5, 5.41) is 9.01. The second-order valence-corrected chi connectivity index (χ2v) is 5.69. The number of anilines is 1. The molecule has 1 fully saturated rings. The average molecular weight is 359 g/mol. The van der Waals surface area contributed by atoms with E-state index in [1.54, 1.807) is 30.3 Å². The van der Waals surface area contributed by atoms with Crippen LogP contribution in [0.1, 0.15) is 22.7 Å². The number of hydrogen-bond acceptors (Lipinski definition) is 3. The lowest BCUT2D eigenvalue weighted by Crippen LogP contribution is -2.33. The zero-order valence-electron chi connectivity index (χ0n) is 13.5. The molecule has 0 saturated carbocycles. The summed E-state index contributed by atoms with van der Waals surface area (Å²) in [6.07, 6.45) is -4.90. The Hall–Kier alpha value is -3.34. The van der Waals surface area contributed by atoms with E-state index in [1.165, 1.54) is 19.2 Å². The number of nitrogens with zero attached hydrogens (tertiary/aromatic N) is 3. The lowest BCUT2D eigenvalue weighted by molar-refractivity contribution is -0.137. The molecule has 1 unspecified atom stereocenters. The Morgan fingerprint density at radius 1 is 1.04 bits per heavy atom. The van der Waals surface area contributed by atoms with Crippen LogP contribution in [0, 0.1) is 11.3 Å². The van der Waals surface area contributed by atoms with Gasteiger partial charge in [-0.2, -0.15) is 18.4 Å². The maximum atomic E-state index is 13.5. The molecule has 2 aromatic carbocycles. The summed E-state index contributed by atoms with van der Waals surface area (Å²) in [6, 6.07) is 11.1. The fourth-order valence-corrected chi connectivity index (χ4v) is 2.99. The Labute approximate surface area is 146 Å². The predicted molar refractivity (Wildman–Crippen MR) is 86.0 cm³/mol. The SMILES string of the molecule is CN1C(=O)N(c2cccc(C#N)c2C(F)(F)F)C(=O)C1c1ccccc1. The first-order valence-corrected chi connectivity index (χ1v) is 7.53. The number of hydrogen-bond donors (Lipinski definition) is 0. The minimum atomic E-state index is -4.90. The number of alkyl halides is 3. The van der Waals surface area contributed by atoms with E-state index in [-0.39, 0.29) is 0 Å². The highest BCUT2D eigenvalue weighted by Gasteiger charge is 2.48. The number of imide groups is 1. The fraction of sp³-hybridized carbons (Fsp3) is 0.167. The van der Waals surface area contributed by atoms with Crippen molar-refractivity contribution in [3.8, 4) is 6.07 Å². The molecular formula is C18H12F3N3O2. The Kier molecular flexibility index (Phi) is 4.16. The van der Waals surface area contributed by atoms with Gasteiger partial charge < -0.3 is 4.90 Å². The highest BCUT2D eigenvalue weighted by molar-refractivity contribution is 6.21. The third-order valence-electron chi connectivity index (χ3n) is 4.14. The molecule has 8 heteroatoms. The zero-order valence-corrected chi connectivity index (χ0v) is 13.5. The van der Waals surface area contributed by atoms with Gasteiger partial charge in [-0.05, 0) is 17.7 Å². The van der Waals surface area contributed by atoms with Crippen LogP contribution in [0.5, 0.6) is 0 Å². The maximum Gasteiger partial charge on any atom is 0.419 e. The van der Waals surface area contributed by atoms with Crippen molar-refractivity contribution in [2.24, 2.45) is 0 Å². The predicted octanol–water partition coefficient (Wildman–Crippen LogP) is 3.72. The van der Waals surface area contributed by atoms with Crippen LogP contribution < -0.4 is 4.90 Å². The number of urea groups is 1. The number of amides is 3. The Morgan fingerprint density at radius 3 is 2.27 bits per heavy atom. The molecule has 1 atom stereocenters. The van der Waals surface area contributed by atoms with Gasteiger partial charge in [0.2, 0.25) is 0 Å². The standard InChI is InChI=1S/C18H12F3N3O2/c1-23-15(11-6-3-2-4-7-11)16(25)24(17(23)26)13-9-5-8-12(10-22)14(13)18(19,20)21/h2-9,15H,1H3. The molecule has 0 spiro atoms. The van der Waals surface area contributed by atoms with E-state index in [9.17, 15) is 22.8 Å². The fourth-order valence-electron chi connectivity index (χ4n) is 2.99. The van der Waals surface area contributed by atoms with Gasteiger partial charge in [-0.15, -0.1) is 0 Å². The Bertz CT molecular complexity index is 920. The highest BCUT2D eigenvalue weighted by atomic mass is 19.4. The summed E-state index contributed by atoms with van der Waals surface area (Å²) in [5.74, 6) is -0.802. The summed E-state index contributed by atoms with van der Waals surface area (Å²) in [5.41, 5.74) is -2.11. The highest BCUT2D eigenvalue weighted by Crippen LogP contribution is 2.42. The van der Waals surface area contributed by atoms with E-state index in [4.69, 9.17) is 5.26 Å². The first kappa shape index (κ1) is 17.5. The van der Waals surface area contributed by atoms with E-state index in [0.29, 0.717) is 10.5 Å². The lowest BCUT2D eigenvalue weighted by Gasteiger charge is -2.20. The maximum absolute atomic E-state index is 13.5. The molecule has 1 saturated heterocycles. The number of nitriles is 1.